The monoisotopic (exact) mass is 337 g/mol. The Balaban J connectivity index is 1.53. The Bertz CT molecular complexity index is 950. The molecule has 128 valence electrons. The smallest absolute Gasteiger partial charge is 0.322 e. The van der Waals surface area contributed by atoms with Gasteiger partial charge in [-0.05, 0) is 19.1 Å². The van der Waals surface area contributed by atoms with E-state index in [1.807, 2.05) is 41.9 Å². The van der Waals surface area contributed by atoms with Crippen LogP contribution in [0.3, 0.4) is 0 Å². The second-order valence-corrected chi connectivity index (χ2v) is 6.12. The topological polar surface area (TPSA) is 71.8 Å². The fourth-order valence-corrected chi connectivity index (χ4v) is 3.13. The lowest BCUT2D eigenvalue weighted by atomic mass is 10.1. The van der Waals surface area contributed by atoms with Gasteiger partial charge < -0.3 is 15.0 Å². The van der Waals surface area contributed by atoms with Gasteiger partial charge in [0.2, 0.25) is 0 Å². The summed E-state index contributed by atoms with van der Waals surface area (Å²) in [4.78, 5) is 18.8. The number of carbonyl (C=O) groups excluding carboxylic acids is 1. The zero-order valence-electron chi connectivity index (χ0n) is 14.2. The molecule has 0 atom stereocenters. The first-order valence-electron chi connectivity index (χ1n) is 8.17. The van der Waals surface area contributed by atoms with Crippen LogP contribution in [0, 0.1) is 6.92 Å². The predicted molar refractivity (Wildman–Crippen MR) is 93.9 cm³/mol. The molecule has 0 aliphatic carbocycles. The molecule has 0 unspecified atom stereocenters. The highest BCUT2D eigenvalue weighted by atomic mass is 16.5. The number of aromatic nitrogens is 3. The normalized spacial score (nSPS) is 13.6. The SMILES string of the molecule is COc1cccc(NC(=O)N2CCc3c(cnc4cc(C)nn34)C2)c1. The molecule has 0 spiro atoms. The van der Waals surface area contributed by atoms with Gasteiger partial charge in [-0.2, -0.15) is 5.10 Å². The van der Waals surface area contributed by atoms with E-state index in [1.165, 1.54) is 0 Å². The number of benzene rings is 1. The van der Waals surface area contributed by atoms with Crippen LogP contribution in [0.5, 0.6) is 5.75 Å². The van der Waals surface area contributed by atoms with E-state index in [9.17, 15) is 4.79 Å². The highest BCUT2D eigenvalue weighted by Crippen LogP contribution is 2.22. The zero-order valence-corrected chi connectivity index (χ0v) is 14.2. The number of rotatable bonds is 2. The largest absolute Gasteiger partial charge is 0.497 e. The summed E-state index contributed by atoms with van der Waals surface area (Å²) in [6.45, 7) is 3.12. The molecular weight excluding hydrogens is 318 g/mol. The van der Waals surface area contributed by atoms with Crippen molar-refractivity contribution in [2.75, 3.05) is 19.0 Å². The maximum Gasteiger partial charge on any atom is 0.322 e. The van der Waals surface area contributed by atoms with Gasteiger partial charge in [0.1, 0.15) is 5.75 Å². The molecule has 0 saturated heterocycles. The molecule has 0 bridgehead atoms. The van der Waals surface area contributed by atoms with Crippen LogP contribution in [0.4, 0.5) is 10.5 Å². The van der Waals surface area contributed by atoms with E-state index in [4.69, 9.17) is 4.74 Å². The number of amides is 2. The van der Waals surface area contributed by atoms with E-state index >= 15 is 0 Å². The Morgan fingerprint density at radius 2 is 2.20 bits per heavy atom. The summed E-state index contributed by atoms with van der Waals surface area (Å²) in [6.07, 6.45) is 2.60. The highest BCUT2D eigenvalue weighted by Gasteiger charge is 2.23. The summed E-state index contributed by atoms with van der Waals surface area (Å²) in [5, 5.41) is 7.43. The number of methoxy groups -OCH3 is 1. The molecule has 0 fully saturated rings. The van der Waals surface area contributed by atoms with E-state index in [-0.39, 0.29) is 6.03 Å². The average Bonchev–Trinajstić information content (AvgIpc) is 3.02. The summed E-state index contributed by atoms with van der Waals surface area (Å²) >= 11 is 0. The third kappa shape index (κ3) is 2.88. The minimum absolute atomic E-state index is 0.129. The van der Waals surface area contributed by atoms with Crippen LogP contribution in [-0.4, -0.2) is 39.2 Å². The molecule has 2 aromatic heterocycles. The fourth-order valence-electron chi connectivity index (χ4n) is 3.13. The van der Waals surface area contributed by atoms with Crippen molar-refractivity contribution in [3.05, 3.63) is 53.5 Å². The molecule has 1 N–H and O–H groups in total. The van der Waals surface area contributed by atoms with Crippen LogP contribution >= 0.6 is 0 Å². The minimum Gasteiger partial charge on any atom is -0.497 e. The van der Waals surface area contributed by atoms with Gasteiger partial charge in [-0.15, -0.1) is 0 Å². The number of fused-ring (bicyclic) bond motifs is 3. The van der Waals surface area contributed by atoms with Crippen molar-refractivity contribution >= 4 is 17.4 Å². The first kappa shape index (κ1) is 15.4. The van der Waals surface area contributed by atoms with E-state index in [1.54, 1.807) is 18.1 Å². The molecule has 3 aromatic rings. The number of nitrogens with zero attached hydrogens (tertiary/aromatic N) is 4. The Labute approximate surface area is 145 Å². The second kappa shape index (κ2) is 6.08. The van der Waals surface area contributed by atoms with Crippen molar-refractivity contribution in [3.63, 3.8) is 0 Å². The van der Waals surface area contributed by atoms with Crippen molar-refractivity contribution in [1.29, 1.82) is 0 Å². The molecule has 1 aliphatic rings. The average molecular weight is 337 g/mol. The van der Waals surface area contributed by atoms with E-state index in [0.717, 1.165) is 29.0 Å². The Kier molecular flexibility index (Phi) is 3.76. The van der Waals surface area contributed by atoms with Crippen LogP contribution in [0.15, 0.2) is 36.5 Å². The number of anilines is 1. The highest BCUT2D eigenvalue weighted by molar-refractivity contribution is 5.89. The molecule has 7 heteroatoms. The molecule has 1 aromatic carbocycles. The summed E-state index contributed by atoms with van der Waals surface area (Å²) < 4.78 is 7.08. The van der Waals surface area contributed by atoms with Gasteiger partial charge in [0.25, 0.3) is 0 Å². The number of hydrogen-bond donors (Lipinski definition) is 1. The summed E-state index contributed by atoms with van der Waals surface area (Å²) in [5.74, 6) is 0.711. The van der Waals surface area contributed by atoms with E-state index < -0.39 is 0 Å². The third-order valence-corrected chi connectivity index (χ3v) is 4.38. The van der Waals surface area contributed by atoms with Crippen molar-refractivity contribution < 1.29 is 9.53 Å². The first-order chi connectivity index (χ1) is 12.1. The van der Waals surface area contributed by atoms with Gasteiger partial charge in [-0.3, -0.25) is 0 Å². The predicted octanol–water partition coefficient (Wildman–Crippen LogP) is 2.64. The molecule has 2 amide bonds. The van der Waals surface area contributed by atoms with E-state index in [2.05, 4.69) is 15.4 Å². The molecular formula is C18H19N5O2. The number of urea groups is 1. The summed E-state index contributed by atoms with van der Waals surface area (Å²) in [7, 11) is 1.60. The number of carbonyl (C=O) groups is 1. The van der Waals surface area contributed by atoms with Crippen LogP contribution < -0.4 is 10.1 Å². The van der Waals surface area contributed by atoms with Crippen LogP contribution in [0.25, 0.3) is 5.65 Å². The molecule has 0 radical (unpaired) electrons. The molecule has 25 heavy (non-hydrogen) atoms. The summed E-state index contributed by atoms with van der Waals surface area (Å²) in [6, 6.07) is 9.16. The van der Waals surface area contributed by atoms with Crippen LogP contribution in [-0.2, 0) is 13.0 Å². The van der Waals surface area contributed by atoms with Crippen molar-refractivity contribution in [1.82, 2.24) is 19.5 Å². The van der Waals surface area contributed by atoms with Crippen molar-refractivity contribution in [3.8, 4) is 5.75 Å². The molecule has 3 heterocycles. The zero-order chi connectivity index (χ0) is 17.4. The Morgan fingerprint density at radius 1 is 1.32 bits per heavy atom. The van der Waals surface area contributed by atoms with Gasteiger partial charge in [0.15, 0.2) is 5.65 Å². The van der Waals surface area contributed by atoms with Crippen molar-refractivity contribution in [2.45, 2.75) is 19.9 Å². The van der Waals surface area contributed by atoms with Gasteiger partial charge in [-0.1, -0.05) is 6.07 Å². The first-order valence-corrected chi connectivity index (χ1v) is 8.17. The van der Waals surface area contributed by atoms with Gasteiger partial charge in [0.05, 0.1) is 25.0 Å². The molecule has 0 saturated carbocycles. The van der Waals surface area contributed by atoms with E-state index in [0.29, 0.717) is 24.5 Å². The maximum absolute atomic E-state index is 12.6. The fraction of sp³-hybridized carbons (Fsp3) is 0.278. The third-order valence-electron chi connectivity index (χ3n) is 4.38. The lowest BCUT2D eigenvalue weighted by Gasteiger charge is -2.28. The standard InChI is InChI=1S/C18H19N5O2/c1-12-8-17-19-10-13-11-22(7-6-16(13)23(17)21-12)18(24)20-14-4-3-5-15(9-14)25-2/h3-5,8-10H,6-7,11H2,1-2H3,(H,20,24). The summed E-state index contributed by atoms with van der Waals surface area (Å²) in [5.41, 5.74) is 4.67. The maximum atomic E-state index is 12.6. The molecule has 4 rings (SSSR count). The van der Waals surface area contributed by atoms with Gasteiger partial charge in [0, 0.05) is 42.5 Å². The quantitative estimate of drug-likeness (QED) is 0.780. The number of aryl methyl sites for hydroxylation is 1. The number of ether oxygens (including phenoxy) is 1. The Hall–Kier alpha value is -3.09. The van der Waals surface area contributed by atoms with Gasteiger partial charge in [-0.25, -0.2) is 14.3 Å². The minimum atomic E-state index is -0.129. The Morgan fingerprint density at radius 3 is 3.04 bits per heavy atom. The van der Waals surface area contributed by atoms with Crippen molar-refractivity contribution in [2.24, 2.45) is 0 Å². The number of hydrogen-bond acceptors (Lipinski definition) is 4. The lowest BCUT2D eigenvalue weighted by molar-refractivity contribution is 0.205. The van der Waals surface area contributed by atoms with Gasteiger partial charge >= 0.3 is 6.03 Å². The lowest BCUT2D eigenvalue weighted by Crippen LogP contribution is -2.39. The second-order valence-electron chi connectivity index (χ2n) is 6.12. The van der Waals surface area contributed by atoms with Crippen LogP contribution in [0.2, 0.25) is 0 Å². The molecule has 7 nitrogen and oxygen atoms in total. The number of nitrogens with one attached hydrogen (secondary N) is 1. The molecule has 1 aliphatic heterocycles. The van der Waals surface area contributed by atoms with Crippen LogP contribution in [0.1, 0.15) is 17.0 Å².